The molecule has 1 aliphatic rings. The van der Waals surface area contributed by atoms with E-state index in [0.717, 1.165) is 5.39 Å². The van der Waals surface area contributed by atoms with Gasteiger partial charge in [0.15, 0.2) is 5.69 Å². The summed E-state index contributed by atoms with van der Waals surface area (Å²) in [6.45, 7) is 1.29. The fourth-order valence-corrected chi connectivity index (χ4v) is 2.33. The third-order valence-electron chi connectivity index (χ3n) is 3.29. The summed E-state index contributed by atoms with van der Waals surface area (Å²) in [6.07, 6.45) is 0. The largest absolute Gasteiger partial charge is 0.476 e. The molecule has 0 spiro atoms. The average Bonchev–Trinajstić information content (AvgIpc) is 2.46. The minimum atomic E-state index is -1.13. The molecule has 0 unspecified atom stereocenters. The number of piperazine rings is 1. The first-order chi connectivity index (χ1) is 9.66. The second kappa shape index (κ2) is 4.90. The lowest BCUT2D eigenvalue weighted by molar-refractivity contribution is -0.118. The Bertz CT molecular complexity index is 699. The van der Waals surface area contributed by atoms with Gasteiger partial charge in [0.25, 0.3) is 0 Å². The van der Waals surface area contributed by atoms with E-state index >= 15 is 0 Å². The molecular weight excluding hydrogens is 258 g/mol. The van der Waals surface area contributed by atoms with Crippen molar-refractivity contribution in [3.05, 3.63) is 36.0 Å². The summed E-state index contributed by atoms with van der Waals surface area (Å²) < 4.78 is 0. The minimum Gasteiger partial charge on any atom is -0.476 e. The second-order valence-corrected chi connectivity index (χ2v) is 4.58. The van der Waals surface area contributed by atoms with Gasteiger partial charge in [-0.25, -0.2) is 9.78 Å². The first-order valence-corrected chi connectivity index (χ1v) is 6.31. The molecule has 1 fully saturated rings. The number of fused-ring (bicyclic) bond motifs is 1. The van der Waals surface area contributed by atoms with Crippen LogP contribution < -0.4 is 10.2 Å². The molecule has 102 valence electrons. The van der Waals surface area contributed by atoms with Crippen LogP contribution >= 0.6 is 0 Å². The van der Waals surface area contributed by atoms with E-state index in [4.69, 9.17) is 0 Å². The van der Waals surface area contributed by atoms with E-state index in [2.05, 4.69) is 10.3 Å². The predicted molar refractivity (Wildman–Crippen MR) is 73.9 cm³/mol. The van der Waals surface area contributed by atoms with Crippen LogP contribution in [0.4, 0.5) is 5.69 Å². The maximum absolute atomic E-state index is 11.9. The fourth-order valence-electron chi connectivity index (χ4n) is 2.33. The summed E-state index contributed by atoms with van der Waals surface area (Å²) in [5, 5.41) is 13.1. The summed E-state index contributed by atoms with van der Waals surface area (Å²) in [7, 11) is 0. The van der Waals surface area contributed by atoms with E-state index in [1.165, 1.54) is 4.90 Å². The highest BCUT2D eigenvalue weighted by Gasteiger charge is 2.25. The highest BCUT2D eigenvalue weighted by Crippen LogP contribution is 2.25. The number of hydrogen-bond acceptors (Lipinski definition) is 4. The van der Waals surface area contributed by atoms with Crippen molar-refractivity contribution < 1.29 is 14.7 Å². The molecule has 6 nitrogen and oxygen atoms in total. The number of carbonyl (C=O) groups excluding carboxylic acids is 1. The lowest BCUT2D eigenvalue weighted by Gasteiger charge is -2.28. The zero-order valence-corrected chi connectivity index (χ0v) is 10.7. The molecule has 0 atom stereocenters. The van der Waals surface area contributed by atoms with Gasteiger partial charge in [0.2, 0.25) is 5.91 Å². The number of carbonyl (C=O) groups is 2. The number of amides is 1. The van der Waals surface area contributed by atoms with Gasteiger partial charge in [0, 0.05) is 18.5 Å². The number of hydrogen-bond donors (Lipinski definition) is 2. The standard InChI is InChI=1S/C14H13N3O3/c18-12-8-15-5-6-17(12)11-7-9-3-1-2-4-10(9)16-13(11)14(19)20/h1-4,7,15H,5-6,8H2,(H,19,20). The van der Waals surface area contributed by atoms with Crippen LogP contribution in [-0.2, 0) is 4.79 Å². The molecule has 0 bridgehead atoms. The molecule has 1 aromatic heterocycles. The number of nitrogens with zero attached hydrogens (tertiary/aromatic N) is 2. The lowest BCUT2D eigenvalue weighted by atomic mass is 10.1. The Hall–Kier alpha value is -2.47. The monoisotopic (exact) mass is 271 g/mol. The van der Waals surface area contributed by atoms with Crippen LogP contribution in [0.2, 0.25) is 0 Å². The number of carboxylic acids is 1. The Balaban J connectivity index is 2.18. The maximum Gasteiger partial charge on any atom is 0.356 e. The van der Waals surface area contributed by atoms with Gasteiger partial charge in [0.05, 0.1) is 17.7 Å². The fraction of sp³-hybridized carbons (Fsp3) is 0.214. The highest BCUT2D eigenvalue weighted by molar-refractivity contribution is 6.04. The van der Waals surface area contributed by atoms with Gasteiger partial charge < -0.3 is 15.3 Å². The smallest absolute Gasteiger partial charge is 0.356 e. The van der Waals surface area contributed by atoms with Gasteiger partial charge in [-0.15, -0.1) is 0 Å². The van der Waals surface area contributed by atoms with Crippen molar-refractivity contribution in [2.45, 2.75) is 0 Å². The zero-order valence-electron chi connectivity index (χ0n) is 10.7. The minimum absolute atomic E-state index is 0.0843. The van der Waals surface area contributed by atoms with Crippen LogP contribution in [0.25, 0.3) is 10.9 Å². The Morgan fingerprint density at radius 2 is 2.15 bits per heavy atom. The van der Waals surface area contributed by atoms with Crippen LogP contribution in [0.1, 0.15) is 10.5 Å². The van der Waals surface area contributed by atoms with Crippen molar-refractivity contribution in [3.63, 3.8) is 0 Å². The van der Waals surface area contributed by atoms with Crippen LogP contribution in [0, 0.1) is 0 Å². The Labute approximate surface area is 115 Å². The van der Waals surface area contributed by atoms with Gasteiger partial charge in [-0.2, -0.15) is 0 Å². The molecule has 1 aromatic carbocycles. The second-order valence-electron chi connectivity index (χ2n) is 4.58. The SMILES string of the molecule is O=C(O)c1nc2ccccc2cc1N1CCNCC1=O. The molecule has 2 heterocycles. The first kappa shape index (κ1) is 12.6. The van der Waals surface area contributed by atoms with E-state index in [1.807, 2.05) is 12.1 Å². The number of nitrogens with one attached hydrogen (secondary N) is 1. The maximum atomic E-state index is 11.9. The lowest BCUT2D eigenvalue weighted by Crippen LogP contribution is -2.48. The topological polar surface area (TPSA) is 82.5 Å². The molecule has 6 heteroatoms. The number of para-hydroxylation sites is 1. The van der Waals surface area contributed by atoms with E-state index in [0.29, 0.717) is 24.3 Å². The van der Waals surface area contributed by atoms with Gasteiger partial charge >= 0.3 is 5.97 Å². The summed E-state index contributed by atoms with van der Waals surface area (Å²) in [6, 6.07) is 8.98. The number of carboxylic acid groups (broad SMARTS) is 1. The van der Waals surface area contributed by atoms with Crippen molar-refractivity contribution in [3.8, 4) is 0 Å². The van der Waals surface area contributed by atoms with Crippen LogP contribution in [0.15, 0.2) is 30.3 Å². The molecule has 0 saturated carbocycles. The Kier molecular flexibility index (Phi) is 3.08. The van der Waals surface area contributed by atoms with Crippen molar-refractivity contribution >= 4 is 28.5 Å². The molecule has 20 heavy (non-hydrogen) atoms. The number of rotatable bonds is 2. The van der Waals surface area contributed by atoms with E-state index in [1.54, 1.807) is 18.2 Å². The number of benzene rings is 1. The summed E-state index contributed by atoms with van der Waals surface area (Å²) in [5.74, 6) is -1.27. The van der Waals surface area contributed by atoms with Crippen LogP contribution in [0.3, 0.4) is 0 Å². The van der Waals surface area contributed by atoms with Crippen molar-refractivity contribution in [1.82, 2.24) is 10.3 Å². The number of aromatic nitrogens is 1. The van der Waals surface area contributed by atoms with Gasteiger partial charge in [-0.05, 0) is 12.1 Å². The Morgan fingerprint density at radius 3 is 2.90 bits per heavy atom. The zero-order chi connectivity index (χ0) is 14.1. The summed E-state index contributed by atoms with van der Waals surface area (Å²) >= 11 is 0. The van der Waals surface area contributed by atoms with Gasteiger partial charge in [-0.1, -0.05) is 18.2 Å². The number of anilines is 1. The highest BCUT2D eigenvalue weighted by atomic mass is 16.4. The molecule has 1 amide bonds. The Morgan fingerprint density at radius 1 is 1.35 bits per heavy atom. The number of pyridine rings is 1. The summed E-state index contributed by atoms with van der Waals surface area (Å²) in [5.41, 5.74) is 0.887. The van der Waals surface area contributed by atoms with Crippen molar-refractivity contribution in [2.24, 2.45) is 0 Å². The van der Waals surface area contributed by atoms with E-state index in [9.17, 15) is 14.7 Å². The first-order valence-electron chi connectivity index (χ1n) is 6.31. The molecule has 0 radical (unpaired) electrons. The van der Waals surface area contributed by atoms with Gasteiger partial charge in [0.1, 0.15) is 0 Å². The molecule has 1 aliphatic heterocycles. The average molecular weight is 271 g/mol. The van der Waals surface area contributed by atoms with Crippen molar-refractivity contribution in [1.29, 1.82) is 0 Å². The predicted octanol–water partition coefficient (Wildman–Crippen LogP) is 0.869. The molecule has 2 aromatic rings. The molecule has 2 N–H and O–H groups in total. The van der Waals surface area contributed by atoms with Crippen LogP contribution in [0.5, 0.6) is 0 Å². The van der Waals surface area contributed by atoms with Crippen LogP contribution in [-0.4, -0.2) is 41.6 Å². The van der Waals surface area contributed by atoms with E-state index in [-0.39, 0.29) is 18.1 Å². The van der Waals surface area contributed by atoms with Crippen molar-refractivity contribution in [2.75, 3.05) is 24.5 Å². The van der Waals surface area contributed by atoms with Gasteiger partial charge in [-0.3, -0.25) is 4.79 Å². The number of aromatic carboxylic acids is 1. The third kappa shape index (κ3) is 2.10. The third-order valence-corrected chi connectivity index (χ3v) is 3.29. The normalized spacial score (nSPS) is 15.6. The molecular formula is C14H13N3O3. The molecule has 1 saturated heterocycles. The van der Waals surface area contributed by atoms with E-state index < -0.39 is 5.97 Å². The molecule has 0 aliphatic carbocycles. The quantitative estimate of drug-likeness (QED) is 0.847. The molecule has 3 rings (SSSR count). The summed E-state index contributed by atoms with van der Waals surface area (Å²) in [4.78, 5) is 29.0.